The van der Waals surface area contributed by atoms with Crippen molar-refractivity contribution in [1.29, 1.82) is 0 Å². The van der Waals surface area contributed by atoms with Gasteiger partial charge in [0.1, 0.15) is 5.75 Å². The Morgan fingerprint density at radius 3 is 2.48 bits per heavy atom. The van der Waals surface area contributed by atoms with Gasteiger partial charge in [-0.15, -0.1) is 0 Å². The highest BCUT2D eigenvalue weighted by atomic mass is 16.5. The third-order valence-electron chi connectivity index (χ3n) is 3.12. The second-order valence-corrected chi connectivity index (χ2v) is 4.55. The summed E-state index contributed by atoms with van der Waals surface area (Å²) in [5.74, 6) is -0.571. The van der Waals surface area contributed by atoms with Crippen LogP contribution in [0.4, 0.5) is 5.69 Å². The molecule has 0 aromatic heterocycles. The Bertz CT molecular complexity index is 696. The average Bonchev–Trinajstić information content (AvgIpc) is 2.48. The van der Waals surface area contributed by atoms with Crippen LogP contribution >= 0.6 is 0 Å². The molecule has 0 spiro atoms. The summed E-state index contributed by atoms with van der Waals surface area (Å²) >= 11 is 0. The highest BCUT2D eigenvalue weighted by Crippen LogP contribution is 2.22. The van der Waals surface area contributed by atoms with Crippen LogP contribution in [0.25, 0.3) is 0 Å². The zero-order valence-corrected chi connectivity index (χ0v) is 11.8. The molecule has 2 aromatic rings. The summed E-state index contributed by atoms with van der Waals surface area (Å²) in [7, 11) is 1.46. The van der Waals surface area contributed by atoms with Gasteiger partial charge in [-0.3, -0.25) is 9.59 Å². The Labute approximate surface area is 122 Å². The Kier molecular flexibility index (Phi) is 4.23. The van der Waals surface area contributed by atoms with Crippen LogP contribution in [0.1, 0.15) is 26.3 Å². The molecular weight excluding hydrogens is 268 g/mol. The zero-order valence-electron chi connectivity index (χ0n) is 11.8. The van der Waals surface area contributed by atoms with E-state index in [1.165, 1.54) is 19.2 Å². The number of para-hydroxylation sites is 1. The summed E-state index contributed by atoms with van der Waals surface area (Å²) in [5.41, 5.74) is 7.40. The third-order valence-corrected chi connectivity index (χ3v) is 3.12. The number of anilines is 1. The van der Waals surface area contributed by atoms with E-state index in [9.17, 15) is 9.59 Å². The maximum Gasteiger partial charge on any atom is 0.259 e. The first-order valence-electron chi connectivity index (χ1n) is 6.37. The first-order chi connectivity index (χ1) is 10.0. The van der Waals surface area contributed by atoms with Crippen molar-refractivity contribution in [3.63, 3.8) is 0 Å². The number of nitrogens with one attached hydrogen (secondary N) is 1. The maximum atomic E-state index is 12.4. The van der Waals surface area contributed by atoms with Crippen LogP contribution in [0.2, 0.25) is 0 Å². The largest absolute Gasteiger partial charge is 0.496 e. The Morgan fingerprint density at radius 2 is 1.86 bits per heavy atom. The van der Waals surface area contributed by atoms with Gasteiger partial charge in [0, 0.05) is 11.3 Å². The zero-order chi connectivity index (χ0) is 15.4. The van der Waals surface area contributed by atoms with Crippen molar-refractivity contribution in [2.75, 3.05) is 12.4 Å². The molecule has 108 valence electrons. The van der Waals surface area contributed by atoms with Crippen LogP contribution in [0, 0.1) is 6.92 Å². The summed E-state index contributed by atoms with van der Waals surface area (Å²) < 4.78 is 5.16. The van der Waals surface area contributed by atoms with Gasteiger partial charge in [0.2, 0.25) is 5.91 Å². The molecule has 0 fully saturated rings. The van der Waals surface area contributed by atoms with Gasteiger partial charge in [-0.25, -0.2) is 0 Å². The minimum absolute atomic E-state index is 0.255. The number of primary amides is 1. The lowest BCUT2D eigenvalue weighted by Gasteiger charge is -2.11. The molecule has 0 heterocycles. The first kappa shape index (κ1) is 14.6. The minimum atomic E-state index is -0.595. The van der Waals surface area contributed by atoms with Crippen LogP contribution in [-0.2, 0) is 0 Å². The van der Waals surface area contributed by atoms with Crippen LogP contribution in [0.3, 0.4) is 0 Å². The molecular formula is C16H16N2O3. The van der Waals surface area contributed by atoms with Crippen molar-refractivity contribution in [3.05, 3.63) is 59.2 Å². The number of hydrogen-bond acceptors (Lipinski definition) is 3. The molecule has 2 aromatic carbocycles. The molecule has 0 bridgehead atoms. The van der Waals surface area contributed by atoms with Crippen molar-refractivity contribution in [2.45, 2.75) is 6.92 Å². The van der Waals surface area contributed by atoms with E-state index in [-0.39, 0.29) is 17.0 Å². The van der Waals surface area contributed by atoms with Crippen molar-refractivity contribution >= 4 is 17.5 Å². The van der Waals surface area contributed by atoms with Crippen LogP contribution in [0.5, 0.6) is 5.75 Å². The van der Waals surface area contributed by atoms with Gasteiger partial charge in [-0.2, -0.15) is 0 Å². The SMILES string of the molecule is COc1ccc(C(N)=O)cc1C(=O)Nc1ccccc1C. The predicted octanol–water partition coefficient (Wildman–Crippen LogP) is 2.35. The van der Waals surface area contributed by atoms with Crippen molar-refractivity contribution in [2.24, 2.45) is 5.73 Å². The van der Waals surface area contributed by atoms with Gasteiger partial charge in [0.15, 0.2) is 0 Å². The molecule has 3 N–H and O–H groups in total. The number of rotatable bonds is 4. The predicted molar refractivity (Wildman–Crippen MR) is 80.6 cm³/mol. The fourth-order valence-electron chi connectivity index (χ4n) is 1.94. The minimum Gasteiger partial charge on any atom is -0.496 e. The number of carbonyl (C=O) groups is 2. The Balaban J connectivity index is 2.36. The number of amides is 2. The molecule has 0 atom stereocenters. The lowest BCUT2D eigenvalue weighted by molar-refractivity contribution is 0.1000. The highest BCUT2D eigenvalue weighted by Gasteiger charge is 2.15. The van der Waals surface area contributed by atoms with Gasteiger partial charge in [0.05, 0.1) is 12.7 Å². The Hall–Kier alpha value is -2.82. The van der Waals surface area contributed by atoms with Crippen LogP contribution < -0.4 is 15.8 Å². The van der Waals surface area contributed by atoms with Crippen LogP contribution in [0.15, 0.2) is 42.5 Å². The van der Waals surface area contributed by atoms with Crippen molar-refractivity contribution in [1.82, 2.24) is 0 Å². The van der Waals surface area contributed by atoms with E-state index in [0.717, 1.165) is 5.56 Å². The van der Waals surface area contributed by atoms with Crippen molar-refractivity contribution < 1.29 is 14.3 Å². The van der Waals surface area contributed by atoms with E-state index in [1.807, 2.05) is 25.1 Å². The van der Waals surface area contributed by atoms with Gasteiger partial charge in [-0.1, -0.05) is 18.2 Å². The summed E-state index contributed by atoms with van der Waals surface area (Å²) in [6.45, 7) is 1.90. The lowest BCUT2D eigenvalue weighted by atomic mass is 10.1. The quantitative estimate of drug-likeness (QED) is 0.904. The van der Waals surface area contributed by atoms with Gasteiger partial charge >= 0.3 is 0 Å². The number of benzene rings is 2. The molecule has 0 aliphatic rings. The number of hydrogen-bond donors (Lipinski definition) is 2. The van der Waals surface area contributed by atoms with E-state index in [2.05, 4.69) is 5.32 Å². The van der Waals surface area contributed by atoms with E-state index in [4.69, 9.17) is 10.5 Å². The molecule has 0 radical (unpaired) electrons. The third kappa shape index (κ3) is 3.20. The average molecular weight is 284 g/mol. The fraction of sp³-hybridized carbons (Fsp3) is 0.125. The summed E-state index contributed by atoms with van der Waals surface area (Å²) in [4.78, 5) is 23.6. The molecule has 5 nitrogen and oxygen atoms in total. The number of aryl methyl sites for hydroxylation is 1. The summed E-state index contributed by atoms with van der Waals surface area (Å²) in [5, 5.41) is 2.80. The number of nitrogens with two attached hydrogens (primary N) is 1. The molecule has 2 rings (SSSR count). The lowest BCUT2D eigenvalue weighted by Crippen LogP contribution is -2.17. The molecule has 0 aliphatic heterocycles. The molecule has 21 heavy (non-hydrogen) atoms. The Morgan fingerprint density at radius 1 is 1.14 bits per heavy atom. The first-order valence-corrected chi connectivity index (χ1v) is 6.37. The molecule has 0 saturated heterocycles. The topological polar surface area (TPSA) is 81.4 Å². The number of ether oxygens (including phenoxy) is 1. The standard InChI is InChI=1S/C16H16N2O3/c1-10-5-3-4-6-13(10)18-16(20)12-9-11(15(17)19)7-8-14(12)21-2/h3-9H,1-2H3,(H2,17,19)(H,18,20). The maximum absolute atomic E-state index is 12.4. The normalized spacial score (nSPS) is 10.0. The second kappa shape index (κ2) is 6.09. The molecule has 0 unspecified atom stereocenters. The van der Waals surface area contributed by atoms with E-state index < -0.39 is 5.91 Å². The summed E-state index contributed by atoms with van der Waals surface area (Å²) in [6.07, 6.45) is 0. The van der Waals surface area contributed by atoms with E-state index >= 15 is 0 Å². The van der Waals surface area contributed by atoms with Crippen LogP contribution in [-0.4, -0.2) is 18.9 Å². The van der Waals surface area contributed by atoms with Gasteiger partial charge < -0.3 is 15.8 Å². The number of methoxy groups -OCH3 is 1. The molecule has 0 aliphatic carbocycles. The highest BCUT2D eigenvalue weighted by molar-refractivity contribution is 6.08. The second-order valence-electron chi connectivity index (χ2n) is 4.55. The van der Waals surface area contributed by atoms with E-state index in [0.29, 0.717) is 11.4 Å². The monoisotopic (exact) mass is 284 g/mol. The summed E-state index contributed by atoms with van der Waals surface area (Å²) in [6, 6.07) is 11.9. The molecule has 0 saturated carbocycles. The molecule has 5 heteroatoms. The van der Waals surface area contributed by atoms with E-state index in [1.54, 1.807) is 12.1 Å². The molecule has 2 amide bonds. The van der Waals surface area contributed by atoms with Gasteiger partial charge in [0.25, 0.3) is 5.91 Å². The smallest absolute Gasteiger partial charge is 0.259 e. The van der Waals surface area contributed by atoms with Crippen molar-refractivity contribution in [3.8, 4) is 5.75 Å². The fourth-order valence-corrected chi connectivity index (χ4v) is 1.94. The van der Waals surface area contributed by atoms with Gasteiger partial charge in [-0.05, 0) is 36.8 Å². The number of carbonyl (C=O) groups excluding carboxylic acids is 2.